The number of carbonyl (C=O) groups excluding carboxylic acids is 2. The average molecular weight is 395 g/mol. The van der Waals surface area contributed by atoms with Gasteiger partial charge in [-0.05, 0) is 37.7 Å². The normalized spacial score (nSPS) is 16.9. The highest BCUT2D eigenvalue weighted by Crippen LogP contribution is 2.24. The standard InChI is InChI=1S/C23H30N4O2/c1-26(16-17-10-4-2-5-11-17)23(29)20-19-14-8-9-15-27(19)21(25-20)22(28)24-18-12-6-3-7-13-18/h2,4-5,10-11,18H,3,6-9,12-16H2,1H3,(H,24,28). The topological polar surface area (TPSA) is 67.2 Å². The summed E-state index contributed by atoms with van der Waals surface area (Å²) in [5.41, 5.74) is 2.43. The lowest BCUT2D eigenvalue weighted by molar-refractivity contribution is 0.0778. The van der Waals surface area contributed by atoms with E-state index in [0.29, 0.717) is 18.1 Å². The smallest absolute Gasteiger partial charge is 0.287 e. The molecule has 0 spiro atoms. The van der Waals surface area contributed by atoms with Gasteiger partial charge in [0.1, 0.15) is 5.69 Å². The van der Waals surface area contributed by atoms with Crippen LogP contribution in [0.5, 0.6) is 0 Å². The van der Waals surface area contributed by atoms with Gasteiger partial charge >= 0.3 is 0 Å². The summed E-state index contributed by atoms with van der Waals surface area (Å²) in [6.45, 7) is 1.28. The largest absolute Gasteiger partial charge is 0.347 e. The van der Waals surface area contributed by atoms with E-state index in [9.17, 15) is 9.59 Å². The zero-order chi connectivity index (χ0) is 20.2. The quantitative estimate of drug-likeness (QED) is 0.843. The van der Waals surface area contributed by atoms with E-state index < -0.39 is 0 Å². The molecule has 0 radical (unpaired) electrons. The second-order valence-corrected chi connectivity index (χ2v) is 8.29. The number of benzene rings is 1. The third-order valence-electron chi connectivity index (χ3n) is 6.07. The summed E-state index contributed by atoms with van der Waals surface area (Å²) in [5.74, 6) is 0.155. The van der Waals surface area contributed by atoms with Crippen molar-refractivity contribution in [2.45, 2.75) is 70.5 Å². The maximum Gasteiger partial charge on any atom is 0.287 e. The van der Waals surface area contributed by atoms with Gasteiger partial charge in [0.25, 0.3) is 11.8 Å². The van der Waals surface area contributed by atoms with E-state index in [1.807, 2.05) is 34.9 Å². The van der Waals surface area contributed by atoms with Crippen LogP contribution < -0.4 is 5.32 Å². The van der Waals surface area contributed by atoms with Crippen molar-refractivity contribution in [1.29, 1.82) is 0 Å². The Labute approximate surface area is 172 Å². The highest BCUT2D eigenvalue weighted by atomic mass is 16.2. The highest BCUT2D eigenvalue weighted by molar-refractivity contribution is 5.97. The lowest BCUT2D eigenvalue weighted by Crippen LogP contribution is -2.37. The molecular formula is C23H30N4O2. The van der Waals surface area contributed by atoms with Gasteiger partial charge in [-0.2, -0.15) is 0 Å². The molecule has 1 aliphatic carbocycles. The molecule has 2 amide bonds. The third kappa shape index (κ3) is 4.36. The number of nitrogens with one attached hydrogen (secondary N) is 1. The van der Waals surface area contributed by atoms with Gasteiger partial charge in [-0.15, -0.1) is 0 Å². The zero-order valence-electron chi connectivity index (χ0n) is 17.2. The molecule has 0 atom stereocenters. The van der Waals surface area contributed by atoms with Gasteiger partial charge in [0.05, 0.1) is 5.69 Å². The number of nitrogens with zero attached hydrogens (tertiary/aromatic N) is 3. The lowest BCUT2D eigenvalue weighted by Gasteiger charge is -2.23. The minimum atomic E-state index is -0.134. The van der Waals surface area contributed by atoms with E-state index in [0.717, 1.165) is 49.9 Å². The summed E-state index contributed by atoms with van der Waals surface area (Å²) in [6, 6.07) is 10.2. The SMILES string of the molecule is CN(Cc1ccccc1)C(=O)c1nc(C(=O)NC2CCCCC2)n2c1CCCC2. The number of hydrogen-bond donors (Lipinski definition) is 1. The number of imidazole rings is 1. The van der Waals surface area contributed by atoms with Crippen LogP contribution in [0.1, 0.15) is 77.3 Å². The summed E-state index contributed by atoms with van der Waals surface area (Å²) in [7, 11) is 1.80. The first-order chi connectivity index (χ1) is 14.1. The van der Waals surface area contributed by atoms with Crippen LogP contribution in [0.15, 0.2) is 30.3 Å². The van der Waals surface area contributed by atoms with Gasteiger partial charge in [0.15, 0.2) is 5.82 Å². The molecule has 0 unspecified atom stereocenters. The zero-order valence-corrected chi connectivity index (χ0v) is 17.2. The van der Waals surface area contributed by atoms with E-state index in [2.05, 4.69) is 10.3 Å². The molecule has 1 aromatic heterocycles. The summed E-state index contributed by atoms with van der Waals surface area (Å²) < 4.78 is 1.98. The Balaban J connectivity index is 1.55. The molecule has 2 heterocycles. The molecule has 29 heavy (non-hydrogen) atoms. The molecular weight excluding hydrogens is 364 g/mol. The average Bonchev–Trinajstić information content (AvgIpc) is 3.14. The first-order valence-corrected chi connectivity index (χ1v) is 10.8. The van der Waals surface area contributed by atoms with Crippen LogP contribution in [0, 0.1) is 0 Å². The molecule has 0 bridgehead atoms. The maximum atomic E-state index is 13.2. The second kappa shape index (κ2) is 8.80. The van der Waals surface area contributed by atoms with E-state index >= 15 is 0 Å². The molecule has 2 aliphatic rings. The summed E-state index contributed by atoms with van der Waals surface area (Å²) in [5, 5.41) is 3.16. The number of carbonyl (C=O) groups is 2. The van der Waals surface area contributed by atoms with Crippen LogP contribution in [0.3, 0.4) is 0 Å². The Morgan fingerprint density at radius 3 is 2.62 bits per heavy atom. The van der Waals surface area contributed by atoms with Crippen LogP contribution in [0.2, 0.25) is 0 Å². The van der Waals surface area contributed by atoms with E-state index in [-0.39, 0.29) is 17.9 Å². The van der Waals surface area contributed by atoms with E-state index in [1.54, 1.807) is 11.9 Å². The number of rotatable bonds is 5. The lowest BCUT2D eigenvalue weighted by atomic mass is 9.95. The second-order valence-electron chi connectivity index (χ2n) is 8.29. The molecule has 1 aromatic carbocycles. The van der Waals surface area contributed by atoms with Gasteiger partial charge in [0.2, 0.25) is 0 Å². The van der Waals surface area contributed by atoms with Gasteiger partial charge in [-0.25, -0.2) is 4.98 Å². The summed E-state index contributed by atoms with van der Waals surface area (Å²) >= 11 is 0. The molecule has 6 heteroatoms. The predicted octanol–water partition coefficient (Wildman–Crippen LogP) is 3.55. The van der Waals surface area contributed by atoms with E-state index in [1.165, 1.54) is 19.3 Å². The van der Waals surface area contributed by atoms with Crippen molar-refractivity contribution < 1.29 is 9.59 Å². The van der Waals surface area contributed by atoms with Crippen molar-refractivity contribution in [2.75, 3.05) is 7.05 Å². The van der Waals surface area contributed by atoms with Crippen molar-refractivity contribution in [3.8, 4) is 0 Å². The summed E-state index contributed by atoms with van der Waals surface area (Å²) in [4.78, 5) is 32.4. The van der Waals surface area contributed by atoms with Crippen LogP contribution in [0.4, 0.5) is 0 Å². The highest BCUT2D eigenvalue weighted by Gasteiger charge is 2.30. The van der Waals surface area contributed by atoms with Gasteiger partial charge < -0.3 is 14.8 Å². The number of amides is 2. The van der Waals surface area contributed by atoms with Crippen LogP contribution >= 0.6 is 0 Å². The Hall–Kier alpha value is -2.63. The van der Waals surface area contributed by atoms with Crippen molar-refractivity contribution in [3.05, 3.63) is 53.1 Å². The Morgan fingerprint density at radius 1 is 1.10 bits per heavy atom. The molecule has 4 rings (SSSR count). The van der Waals surface area contributed by atoms with Crippen molar-refractivity contribution in [3.63, 3.8) is 0 Å². The molecule has 6 nitrogen and oxygen atoms in total. The molecule has 2 aromatic rings. The fourth-order valence-electron chi connectivity index (χ4n) is 4.49. The van der Waals surface area contributed by atoms with Gasteiger partial charge in [-0.1, -0.05) is 49.6 Å². The molecule has 1 N–H and O–H groups in total. The van der Waals surface area contributed by atoms with Crippen LogP contribution in [-0.2, 0) is 19.5 Å². The Bertz CT molecular complexity index is 869. The fourth-order valence-corrected chi connectivity index (χ4v) is 4.49. The Kier molecular flexibility index (Phi) is 5.97. The van der Waals surface area contributed by atoms with Crippen molar-refractivity contribution in [2.24, 2.45) is 0 Å². The minimum Gasteiger partial charge on any atom is -0.347 e. The van der Waals surface area contributed by atoms with Crippen LogP contribution in [0.25, 0.3) is 0 Å². The molecule has 1 fully saturated rings. The van der Waals surface area contributed by atoms with Crippen molar-refractivity contribution in [1.82, 2.24) is 19.8 Å². The number of aromatic nitrogens is 2. The van der Waals surface area contributed by atoms with E-state index in [4.69, 9.17) is 0 Å². The molecule has 1 saturated carbocycles. The minimum absolute atomic E-state index is 0.115. The number of fused-ring (bicyclic) bond motifs is 1. The van der Waals surface area contributed by atoms with Crippen LogP contribution in [-0.4, -0.2) is 39.4 Å². The fraction of sp³-hybridized carbons (Fsp3) is 0.522. The predicted molar refractivity (Wildman–Crippen MR) is 112 cm³/mol. The Morgan fingerprint density at radius 2 is 1.86 bits per heavy atom. The maximum absolute atomic E-state index is 13.2. The molecule has 0 saturated heterocycles. The third-order valence-corrected chi connectivity index (χ3v) is 6.07. The molecule has 154 valence electrons. The molecule has 1 aliphatic heterocycles. The van der Waals surface area contributed by atoms with Gasteiger partial charge in [0, 0.05) is 26.2 Å². The van der Waals surface area contributed by atoms with Gasteiger partial charge in [-0.3, -0.25) is 9.59 Å². The first-order valence-electron chi connectivity index (χ1n) is 10.8. The number of hydrogen-bond acceptors (Lipinski definition) is 3. The summed E-state index contributed by atoms with van der Waals surface area (Å²) in [6.07, 6.45) is 8.48. The monoisotopic (exact) mass is 394 g/mol. The van der Waals surface area contributed by atoms with Crippen molar-refractivity contribution >= 4 is 11.8 Å². The first kappa shape index (κ1) is 19.7.